The number of hydrogen-bond donors (Lipinski definition) is 0. The van der Waals surface area contributed by atoms with Gasteiger partial charge in [0.25, 0.3) is 0 Å². The summed E-state index contributed by atoms with van der Waals surface area (Å²) in [5.41, 5.74) is -0.137. The van der Waals surface area contributed by atoms with Crippen LogP contribution in [0.5, 0.6) is 0 Å². The lowest BCUT2D eigenvalue weighted by Gasteiger charge is -2.34. The van der Waals surface area contributed by atoms with Crippen molar-refractivity contribution in [1.29, 1.82) is 0 Å². The summed E-state index contributed by atoms with van der Waals surface area (Å²) in [6, 6.07) is 9.87. The lowest BCUT2D eigenvalue weighted by Crippen LogP contribution is -2.51. The Bertz CT molecular complexity index is 625. The molecule has 144 valence electrons. The molecule has 2 heterocycles. The van der Waals surface area contributed by atoms with E-state index < -0.39 is 11.3 Å². The maximum absolute atomic E-state index is 12.7. The van der Waals surface area contributed by atoms with Gasteiger partial charge in [-0.25, -0.2) is 4.79 Å². The number of hydrogen-bond acceptors (Lipinski definition) is 5. The molecule has 1 aromatic carbocycles. The van der Waals surface area contributed by atoms with Crippen LogP contribution in [-0.4, -0.2) is 53.8 Å². The quantitative estimate of drug-likeness (QED) is 0.751. The fourth-order valence-electron chi connectivity index (χ4n) is 3.24. The van der Waals surface area contributed by atoms with E-state index in [4.69, 9.17) is 18.9 Å². The number of carbonyl (C=O) groups is 1. The molecule has 6 nitrogen and oxygen atoms in total. The van der Waals surface area contributed by atoms with Gasteiger partial charge in [0.2, 0.25) is 0 Å². The van der Waals surface area contributed by atoms with Crippen LogP contribution in [0.15, 0.2) is 30.3 Å². The van der Waals surface area contributed by atoms with Crippen LogP contribution < -0.4 is 0 Å². The van der Waals surface area contributed by atoms with Gasteiger partial charge in [0.1, 0.15) is 23.5 Å². The molecule has 0 saturated carbocycles. The summed E-state index contributed by atoms with van der Waals surface area (Å²) in [7, 11) is 0. The Hall–Kier alpha value is -1.63. The summed E-state index contributed by atoms with van der Waals surface area (Å²) in [6.45, 7) is 10.8. The van der Waals surface area contributed by atoms with Crippen LogP contribution in [0.2, 0.25) is 0 Å². The van der Waals surface area contributed by atoms with Gasteiger partial charge < -0.3 is 18.9 Å². The van der Waals surface area contributed by atoms with Crippen molar-refractivity contribution in [3.63, 3.8) is 0 Å². The first-order valence-electron chi connectivity index (χ1n) is 9.11. The monoisotopic (exact) mass is 363 g/mol. The number of nitrogens with zero attached hydrogens (tertiary/aromatic N) is 1. The zero-order valence-electron chi connectivity index (χ0n) is 16.2. The molecule has 3 atom stereocenters. The molecule has 0 aromatic heterocycles. The van der Waals surface area contributed by atoms with E-state index in [0.29, 0.717) is 19.8 Å². The van der Waals surface area contributed by atoms with E-state index in [1.54, 1.807) is 4.90 Å². The van der Waals surface area contributed by atoms with Gasteiger partial charge in [0, 0.05) is 0 Å². The minimum Gasteiger partial charge on any atom is -0.444 e. The fourth-order valence-corrected chi connectivity index (χ4v) is 3.24. The number of ether oxygens (including phenoxy) is 4. The SMILES string of the molecule is CC(C)(C)OC(=O)N1[C@H]([C@H]2O[C@H]2COCc2ccccc2)COC1(C)C. The van der Waals surface area contributed by atoms with Crippen molar-refractivity contribution >= 4 is 6.09 Å². The van der Waals surface area contributed by atoms with E-state index in [2.05, 4.69) is 0 Å². The summed E-state index contributed by atoms with van der Waals surface area (Å²) in [4.78, 5) is 14.3. The minimum absolute atomic E-state index is 0.0221. The van der Waals surface area contributed by atoms with Crippen molar-refractivity contribution in [2.24, 2.45) is 0 Å². The number of amides is 1. The lowest BCUT2D eigenvalue weighted by molar-refractivity contribution is -0.0632. The fraction of sp³-hybridized carbons (Fsp3) is 0.650. The molecule has 26 heavy (non-hydrogen) atoms. The van der Waals surface area contributed by atoms with Gasteiger partial charge in [-0.15, -0.1) is 0 Å². The molecule has 2 aliphatic heterocycles. The van der Waals surface area contributed by atoms with Gasteiger partial charge >= 0.3 is 6.09 Å². The van der Waals surface area contributed by atoms with Crippen molar-refractivity contribution in [1.82, 2.24) is 4.90 Å². The lowest BCUT2D eigenvalue weighted by atomic mass is 10.1. The molecule has 0 N–H and O–H groups in total. The zero-order valence-corrected chi connectivity index (χ0v) is 16.2. The largest absolute Gasteiger partial charge is 0.444 e. The summed E-state index contributed by atoms with van der Waals surface area (Å²) < 4.78 is 22.9. The van der Waals surface area contributed by atoms with E-state index in [1.165, 1.54) is 0 Å². The zero-order chi connectivity index (χ0) is 18.9. The third-order valence-corrected chi connectivity index (χ3v) is 4.50. The molecule has 2 saturated heterocycles. The molecular weight excluding hydrogens is 334 g/mol. The molecule has 1 amide bonds. The maximum Gasteiger partial charge on any atom is 0.412 e. The number of rotatable bonds is 5. The Morgan fingerprint density at radius 3 is 2.62 bits per heavy atom. The van der Waals surface area contributed by atoms with Gasteiger partial charge in [0.15, 0.2) is 0 Å². The van der Waals surface area contributed by atoms with Crippen molar-refractivity contribution in [2.75, 3.05) is 13.2 Å². The average molecular weight is 363 g/mol. The summed E-state index contributed by atoms with van der Waals surface area (Å²) in [5, 5.41) is 0. The van der Waals surface area contributed by atoms with Crippen LogP contribution >= 0.6 is 0 Å². The smallest absolute Gasteiger partial charge is 0.412 e. The second kappa shape index (κ2) is 7.18. The second-order valence-corrected chi connectivity index (χ2v) is 8.32. The van der Waals surface area contributed by atoms with Crippen LogP contribution in [0.4, 0.5) is 4.79 Å². The molecule has 0 aliphatic carbocycles. The predicted molar refractivity (Wildman–Crippen MR) is 96.7 cm³/mol. The summed E-state index contributed by atoms with van der Waals surface area (Å²) >= 11 is 0. The molecule has 6 heteroatoms. The third-order valence-electron chi connectivity index (χ3n) is 4.50. The normalized spacial score (nSPS) is 27.4. The van der Waals surface area contributed by atoms with E-state index in [-0.39, 0.29) is 24.3 Å². The standard InChI is InChI=1S/C20H29NO5/c1-19(2,3)26-18(22)21-15(12-24-20(21,4)5)17-16(25-17)13-23-11-14-9-7-6-8-10-14/h6-10,15-17H,11-13H2,1-5H3/t15-,16-,17+/m0/s1. The van der Waals surface area contributed by atoms with Gasteiger partial charge in [-0.05, 0) is 40.2 Å². The summed E-state index contributed by atoms with van der Waals surface area (Å²) in [6.07, 6.45) is -0.476. The molecule has 0 spiro atoms. The van der Waals surface area contributed by atoms with E-state index in [0.717, 1.165) is 5.56 Å². The van der Waals surface area contributed by atoms with Gasteiger partial charge in [-0.2, -0.15) is 0 Å². The van der Waals surface area contributed by atoms with Crippen LogP contribution in [0.3, 0.4) is 0 Å². The summed E-state index contributed by atoms with van der Waals surface area (Å²) in [5.74, 6) is 0. The Balaban J connectivity index is 1.54. The topological polar surface area (TPSA) is 60.5 Å². The first kappa shape index (κ1) is 19.1. The Labute approximate surface area is 155 Å². The van der Waals surface area contributed by atoms with Crippen molar-refractivity contribution < 1.29 is 23.7 Å². The molecule has 0 bridgehead atoms. The van der Waals surface area contributed by atoms with Crippen molar-refractivity contribution in [3.05, 3.63) is 35.9 Å². The van der Waals surface area contributed by atoms with Crippen LogP contribution in [-0.2, 0) is 25.6 Å². The van der Waals surface area contributed by atoms with E-state index >= 15 is 0 Å². The number of carbonyl (C=O) groups excluding carboxylic acids is 1. The second-order valence-electron chi connectivity index (χ2n) is 8.32. The molecule has 0 radical (unpaired) electrons. The van der Waals surface area contributed by atoms with Crippen LogP contribution in [0, 0.1) is 0 Å². The molecule has 2 fully saturated rings. The molecule has 1 aromatic rings. The van der Waals surface area contributed by atoms with Crippen molar-refractivity contribution in [2.45, 2.75) is 70.8 Å². The highest BCUT2D eigenvalue weighted by Gasteiger charge is 2.56. The Morgan fingerprint density at radius 2 is 1.96 bits per heavy atom. The van der Waals surface area contributed by atoms with Gasteiger partial charge in [-0.3, -0.25) is 4.90 Å². The molecule has 0 unspecified atom stereocenters. The Kier molecular flexibility index (Phi) is 5.28. The van der Waals surface area contributed by atoms with E-state index in [1.807, 2.05) is 65.0 Å². The molecule has 3 rings (SSSR count). The Morgan fingerprint density at radius 1 is 1.27 bits per heavy atom. The first-order chi connectivity index (χ1) is 12.2. The van der Waals surface area contributed by atoms with Gasteiger partial charge in [-0.1, -0.05) is 30.3 Å². The van der Waals surface area contributed by atoms with E-state index in [9.17, 15) is 4.79 Å². The van der Waals surface area contributed by atoms with Crippen LogP contribution in [0.25, 0.3) is 0 Å². The number of epoxide rings is 1. The predicted octanol–water partition coefficient (Wildman–Crippen LogP) is 3.34. The van der Waals surface area contributed by atoms with Crippen molar-refractivity contribution in [3.8, 4) is 0 Å². The van der Waals surface area contributed by atoms with Crippen LogP contribution in [0.1, 0.15) is 40.2 Å². The van der Waals surface area contributed by atoms with Gasteiger partial charge in [0.05, 0.1) is 25.9 Å². The number of benzene rings is 1. The molecule has 2 aliphatic rings. The highest BCUT2D eigenvalue weighted by atomic mass is 16.6. The minimum atomic E-state index is -0.714. The first-order valence-corrected chi connectivity index (χ1v) is 9.11. The average Bonchev–Trinajstić information content (AvgIpc) is 3.22. The highest BCUT2D eigenvalue weighted by Crippen LogP contribution is 2.38. The maximum atomic E-state index is 12.7. The highest BCUT2D eigenvalue weighted by molar-refractivity contribution is 5.70. The third kappa shape index (κ3) is 4.55. The molecular formula is C20H29NO5.